The molecular weight excluding hydrogens is 158 g/mol. The van der Waals surface area contributed by atoms with Gasteiger partial charge in [0.1, 0.15) is 5.75 Å². The minimum Gasteiger partial charge on any atom is -0.598 e. The van der Waals surface area contributed by atoms with Crippen molar-refractivity contribution >= 4 is 11.4 Å². The molecule has 0 saturated heterocycles. The van der Waals surface area contributed by atoms with Crippen LogP contribution >= 0.6 is 0 Å². The van der Waals surface area contributed by atoms with Crippen molar-refractivity contribution in [2.75, 3.05) is 5.75 Å². The van der Waals surface area contributed by atoms with Gasteiger partial charge in [-0.3, -0.25) is 0 Å². The van der Waals surface area contributed by atoms with E-state index in [0.29, 0.717) is 6.04 Å². The predicted octanol–water partition coefficient (Wildman–Crippen LogP) is 1.59. The first-order valence-electron chi connectivity index (χ1n) is 4.47. The lowest BCUT2D eigenvalue weighted by Gasteiger charge is -2.22. The number of hydrogen-bond donors (Lipinski definition) is 1. The van der Waals surface area contributed by atoms with E-state index in [1.165, 1.54) is 32.1 Å². The molecule has 1 N–H and O–H groups in total. The molecular formula is C8H17NOS. The first-order chi connectivity index (χ1) is 5.33. The van der Waals surface area contributed by atoms with Gasteiger partial charge in [-0.2, -0.15) is 0 Å². The van der Waals surface area contributed by atoms with Crippen LogP contribution in [-0.2, 0) is 11.4 Å². The molecule has 0 spiro atoms. The average Bonchev–Trinajstić information content (AvgIpc) is 2.06. The summed E-state index contributed by atoms with van der Waals surface area (Å²) >= 11 is -0.775. The Morgan fingerprint density at radius 1 is 1.36 bits per heavy atom. The zero-order valence-corrected chi connectivity index (χ0v) is 7.95. The third-order valence-electron chi connectivity index (χ3n) is 2.17. The molecule has 0 aromatic carbocycles. The van der Waals surface area contributed by atoms with Crippen LogP contribution in [0.25, 0.3) is 0 Å². The van der Waals surface area contributed by atoms with Crippen molar-refractivity contribution in [3.8, 4) is 0 Å². The molecule has 0 bridgehead atoms. The summed E-state index contributed by atoms with van der Waals surface area (Å²) < 4.78 is 14.2. The predicted molar refractivity (Wildman–Crippen MR) is 48.7 cm³/mol. The highest BCUT2D eigenvalue weighted by Crippen LogP contribution is 2.17. The fourth-order valence-electron chi connectivity index (χ4n) is 1.49. The van der Waals surface area contributed by atoms with Crippen LogP contribution in [0.15, 0.2) is 0 Å². The Balaban J connectivity index is 2.13. The lowest BCUT2D eigenvalue weighted by molar-refractivity contribution is 0.412. The first-order valence-corrected chi connectivity index (χ1v) is 5.79. The number of nitrogens with one attached hydrogen (secondary N) is 1. The Bertz CT molecular complexity index is 104. The first kappa shape index (κ1) is 9.36. The van der Waals surface area contributed by atoms with Crippen molar-refractivity contribution in [3.05, 3.63) is 0 Å². The van der Waals surface area contributed by atoms with Gasteiger partial charge in [0.25, 0.3) is 0 Å². The second-order valence-electron chi connectivity index (χ2n) is 3.09. The maximum absolute atomic E-state index is 11.1. The molecule has 2 nitrogen and oxygen atoms in total. The van der Waals surface area contributed by atoms with E-state index in [9.17, 15) is 4.55 Å². The van der Waals surface area contributed by atoms with E-state index in [4.69, 9.17) is 0 Å². The van der Waals surface area contributed by atoms with E-state index in [2.05, 4.69) is 4.72 Å². The molecule has 66 valence electrons. The SMILES string of the molecule is CC[S+]([O-])NC1CCCCC1. The summed E-state index contributed by atoms with van der Waals surface area (Å²) in [5, 5.41) is 0. The fourth-order valence-corrected chi connectivity index (χ4v) is 2.26. The van der Waals surface area contributed by atoms with E-state index in [1.54, 1.807) is 0 Å². The summed E-state index contributed by atoms with van der Waals surface area (Å²) in [4.78, 5) is 0. The Morgan fingerprint density at radius 2 is 2.00 bits per heavy atom. The normalized spacial score (nSPS) is 23.5. The summed E-state index contributed by atoms with van der Waals surface area (Å²) in [6.45, 7) is 1.95. The quantitative estimate of drug-likeness (QED) is 0.661. The molecule has 1 aliphatic rings. The van der Waals surface area contributed by atoms with E-state index in [0.717, 1.165) is 5.75 Å². The fraction of sp³-hybridized carbons (Fsp3) is 1.00. The standard InChI is InChI=1S/C8H17NOS/c1-2-11(10)9-8-6-4-3-5-7-8/h8-9H,2-7H2,1H3. The van der Waals surface area contributed by atoms with Gasteiger partial charge in [-0.1, -0.05) is 19.3 Å². The van der Waals surface area contributed by atoms with Crippen LogP contribution in [0, 0.1) is 0 Å². The lowest BCUT2D eigenvalue weighted by Crippen LogP contribution is -2.37. The van der Waals surface area contributed by atoms with Crippen molar-refractivity contribution < 1.29 is 4.55 Å². The summed E-state index contributed by atoms with van der Waals surface area (Å²) in [5.74, 6) is 0.733. The molecule has 11 heavy (non-hydrogen) atoms. The van der Waals surface area contributed by atoms with Gasteiger partial charge in [0.2, 0.25) is 0 Å². The molecule has 0 aromatic heterocycles. The molecule has 0 heterocycles. The topological polar surface area (TPSA) is 35.1 Å². The number of rotatable bonds is 3. The molecule has 0 amide bonds. The minimum absolute atomic E-state index is 0.532. The van der Waals surface area contributed by atoms with Gasteiger partial charge < -0.3 is 4.55 Å². The summed E-state index contributed by atoms with van der Waals surface area (Å²) in [6, 6.07) is 0.532. The zero-order valence-electron chi connectivity index (χ0n) is 7.14. The third-order valence-corrected chi connectivity index (χ3v) is 3.29. The molecule has 1 aliphatic carbocycles. The lowest BCUT2D eigenvalue weighted by atomic mass is 9.96. The largest absolute Gasteiger partial charge is 0.598 e. The second kappa shape index (κ2) is 5.01. The van der Waals surface area contributed by atoms with E-state index >= 15 is 0 Å². The molecule has 1 rings (SSSR count). The summed E-state index contributed by atoms with van der Waals surface area (Å²) in [6.07, 6.45) is 6.39. The molecule has 0 aromatic rings. The van der Waals surface area contributed by atoms with Gasteiger partial charge >= 0.3 is 0 Å². The highest BCUT2D eigenvalue weighted by atomic mass is 32.2. The Hall–Kier alpha value is 0.270. The smallest absolute Gasteiger partial charge is 0.122 e. The van der Waals surface area contributed by atoms with Gasteiger partial charge in [0, 0.05) is 11.4 Å². The van der Waals surface area contributed by atoms with Crippen LogP contribution in [0.4, 0.5) is 0 Å². The average molecular weight is 175 g/mol. The summed E-state index contributed by atoms with van der Waals surface area (Å²) in [5.41, 5.74) is 0. The van der Waals surface area contributed by atoms with Gasteiger partial charge in [-0.05, 0) is 19.8 Å². The minimum atomic E-state index is -0.775. The third kappa shape index (κ3) is 3.45. The Morgan fingerprint density at radius 3 is 2.55 bits per heavy atom. The van der Waals surface area contributed by atoms with E-state index < -0.39 is 11.4 Å². The molecule has 0 aliphatic heterocycles. The van der Waals surface area contributed by atoms with Gasteiger partial charge in [0.15, 0.2) is 0 Å². The monoisotopic (exact) mass is 175 g/mol. The van der Waals surface area contributed by atoms with Crippen LogP contribution < -0.4 is 4.72 Å². The molecule has 0 radical (unpaired) electrons. The molecule has 1 saturated carbocycles. The van der Waals surface area contributed by atoms with Crippen molar-refractivity contribution in [3.63, 3.8) is 0 Å². The maximum atomic E-state index is 11.1. The van der Waals surface area contributed by atoms with Gasteiger partial charge in [0.05, 0.1) is 6.04 Å². The molecule has 1 unspecified atom stereocenters. The van der Waals surface area contributed by atoms with E-state index in [-0.39, 0.29) is 0 Å². The van der Waals surface area contributed by atoms with Crippen molar-refractivity contribution in [2.24, 2.45) is 0 Å². The van der Waals surface area contributed by atoms with Crippen molar-refractivity contribution in [2.45, 2.75) is 45.1 Å². The van der Waals surface area contributed by atoms with Crippen molar-refractivity contribution in [1.29, 1.82) is 0 Å². The van der Waals surface area contributed by atoms with Gasteiger partial charge in [-0.25, -0.2) is 0 Å². The van der Waals surface area contributed by atoms with Crippen LogP contribution in [-0.4, -0.2) is 16.3 Å². The van der Waals surface area contributed by atoms with E-state index in [1.807, 2.05) is 6.92 Å². The number of hydrogen-bond acceptors (Lipinski definition) is 2. The highest BCUT2D eigenvalue weighted by Gasteiger charge is 2.17. The maximum Gasteiger partial charge on any atom is 0.122 e. The summed E-state index contributed by atoms with van der Waals surface area (Å²) in [7, 11) is 0. The van der Waals surface area contributed by atoms with Crippen LogP contribution in [0.3, 0.4) is 0 Å². The van der Waals surface area contributed by atoms with Crippen molar-refractivity contribution in [1.82, 2.24) is 4.72 Å². The Kier molecular flexibility index (Phi) is 4.26. The highest BCUT2D eigenvalue weighted by molar-refractivity contribution is 7.89. The Labute approximate surface area is 72.1 Å². The van der Waals surface area contributed by atoms with Crippen LogP contribution in [0.5, 0.6) is 0 Å². The van der Waals surface area contributed by atoms with Crippen LogP contribution in [0.2, 0.25) is 0 Å². The van der Waals surface area contributed by atoms with Gasteiger partial charge in [-0.15, -0.1) is 4.72 Å². The molecule has 1 fully saturated rings. The second-order valence-corrected chi connectivity index (χ2v) is 4.59. The van der Waals surface area contributed by atoms with Crippen LogP contribution in [0.1, 0.15) is 39.0 Å². The molecule has 3 heteroatoms. The zero-order chi connectivity index (χ0) is 8.10. The molecule has 1 atom stereocenters.